The van der Waals surface area contributed by atoms with Crippen molar-refractivity contribution in [2.45, 2.75) is 19.8 Å². The second kappa shape index (κ2) is 5.60. The van der Waals surface area contributed by atoms with Crippen LogP contribution in [-0.4, -0.2) is 11.6 Å². The van der Waals surface area contributed by atoms with E-state index in [-0.39, 0.29) is 5.82 Å². The molecule has 0 radical (unpaired) electrons. The summed E-state index contributed by atoms with van der Waals surface area (Å²) in [4.78, 5) is 4.25. The monoisotopic (exact) mass is 288 g/mol. The number of anilines is 1. The Bertz CT molecular complexity index is 657. The topological polar surface area (TPSA) is 57.4 Å². The van der Waals surface area contributed by atoms with Gasteiger partial charge >= 0.3 is 0 Å². The van der Waals surface area contributed by atoms with Crippen LogP contribution in [0.5, 0.6) is 17.5 Å². The largest absolute Gasteiger partial charge is 0.476 e. The van der Waals surface area contributed by atoms with Gasteiger partial charge in [-0.05, 0) is 43.4 Å². The normalized spacial score (nSPS) is 14.0. The highest BCUT2D eigenvalue weighted by atomic mass is 19.1. The fourth-order valence-electron chi connectivity index (χ4n) is 1.88. The van der Waals surface area contributed by atoms with E-state index in [1.807, 2.05) is 6.92 Å². The third-order valence-electron chi connectivity index (χ3n) is 3.38. The number of rotatable bonds is 5. The fraction of sp³-hybridized carbons (Fsp3) is 0.312. The van der Waals surface area contributed by atoms with E-state index in [0.29, 0.717) is 35.7 Å². The average Bonchev–Trinajstić information content (AvgIpc) is 3.27. The summed E-state index contributed by atoms with van der Waals surface area (Å²) in [5.74, 6) is 1.40. The number of hydrogen-bond acceptors (Lipinski definition) is 4. The lowest BCUT2D eigenvalue weighted by molar-refractivity contribution is 0.286. The Morgan fingerprint density at radius 2 is 2.10 bits per heavy atom. The minimum Gasteiger partial charge on any atom is -0.476 e. The van der Waals surface area contributed by atoms with Gasteiger partial charge in [-0.2, -0.15) is 4.98 Å². The van der Waals surface area contributed by atoms with Crippen LogP contribution in [0, 0.1) is 18.7 Å². The van der Waals surface area contributed by atoms with Crippen molar-refractivity contribution >= 4 is 5.69 Å². The lowest BCUT2D eigenvalue weighted by Gasteiger charge is -2.11. The van der Waals surface area contributed by atoms with Crippen molar-refractivity contribution in [3.63, 3.8) is 0 Å². The second-order valence-electron chi connectivity index (χ2n) is 5.31. The third-order valence-corrected chi connectivity index (χ3v) is 3.38. The predicted octanol–water partition coefficient (Wildman–Crippen LogP) is 3.69. The van der Waals surface area contributed by atoms with E-state index >= 15 is 0 Å². The van der Waals surface area contributed by atoms with Crippen molar-refractivity contribution in [2.75, 3.05) is 12.3 Å². The van der Waals surface area contributed by atoms with Gasteiger partial charge in [0.25, 0.3) is 0 Å². The summed E-state index contributed by atoms with van der Waals surface area (Å²) in [6.45, 7) is 2.47. The summed E-state index contributed by atoms with van der Waals surface area (Å²) in [6.07, 6.45) is 2.39. The molecule has 2 aromatic rings. The van der Waals surface area contributed by atoms with Gasteiger partial charge in [-0.1, -0.05) is 6.07 Å². The van der Waals surface area contributed by atoms with Crippen LogP contribution < -0.4 is 15.2 Å². The number of nitrogen functional groups attached to an aromatic ring is 1. The number of hydrogen-bond donors (Lipinski definition) is 1. The Labute approximate surface area is 122 Å². The van der Waals surface area contributed by atoms with E-state index in [4.69, 9.17) is 15.2 Å². The van der Waals surface area contributed by atoms with Gasteiger partial charge in [0.05, 0.1) is 12.3 Å². The number of aryl methyl sites for hydroxylation is 1. The van der Waals surface area contributed by atoms with Gasteiger partial charge in [-0.15, -0.1) is 0 Å². The van der Waals surface area contributed by atoms with E-state index in [1.54, 1.807) is 18.2 Å². The van der Waals surface area contributed by atoms with Gasteiger partial charge in [0.15, 0.2) is 0 Å². The van der Waals surface area contributed by atoms with Crippen LogP contribution in [0.1, 0.15) is 18.4 Å². The first kappa shape index (κ1) is 13.7. The minimum atomic E-state index is -0.351. The van der Waals surface area contributed by atoms with Crippen LogP contribution in [0.3, 0.4) is 0 Å². The van der Waals surface area contributed by atoms with Crippen molar-refractivity contribution in [3.8, 4) is 17.5 Å². The van der Waals surface area contributed by atoms with E-state index in [2.05, 4.69) is 4.98 Å². The van der Waals surface area contributed by atoms with E-state index in [1.165, 1.54) is 25.0 Å². The van der Waals surface area contributed by atoms with E-state index in [0.717, 1.165) is 5.56 Å². The molecule has 1 aromatic carbocycles. The van der Waals surface area contributed by atoms with Crippen LogP contribution in [0.15, 0.2) is 30.3 Å². The molecule has 110 valence electrons. The molecule has 1 heterocycles. The number of aromatic nitrogens is 1. The van der Waals surface area contributed by atoms with Crippen molar-refractivity contribution in [1.29, 1.82) is 0 Å². The minimum absolute atomic E-state index is 0.337. The van der Waals surface area contributed by atoms with Crippen molar-refractivity contribution in [1.82, 2.24) is 4.98 Å². The zero-order valence-electron chi connectivity index (χ0n) is 11.8. The van der Waals surface area contributed by atoms with E-state index in [9.17, 15) is 4.39 Å². The number of halogens is 1. The van der Waals surface area contributed by atoms with Crippen LogP contribution >= 0.6 is 0 Å². The molecule has 5 heteroatoms. The van der Waals surface area contributed by atoms with Crippen LogP contribution in [0.4, 0.5) is 10.1 Å². The predicted molar refractivity (Wildman–Crippen MR) is 78.1 cm³/mol. The van der Waals surface area contributed by atoms with Crippen LogP contribution in [0.2, 0.25) is 0 Å². The molecule has 0 atom stereocenters. The summed E-state index contributed by atoms with van der Waals surface area (Å²) in [5.41, 5.74) is 7.14. The quantitative estimate of drug-likeness (QED) is 0.911. The maximum atomic E-state index is 13.3. The average molecular weight is 288 g/mol. The van der Waals surface area contributed by atoms with Crippen molar-refractivity contribution in [2.24, 2.45) is 5.92 Å². The van der Waals surface area contributed by atoms with Crippen LogP contribution in [-0.2, 0) is 0 Å². The Balaban J connectivity index is 1.78. The molecule has 0 bridgehead atoms. The molecule has 1 aromatic heterocycles. The highest BCUT2D eigenvalue weighted by Gasteiger charge is 2.22. The number of ether oxygens (including phenoxy) is 2. The van der Waals surface area contributed by atoms with Crippen molar-refractivity contribution in [3.05, 3.63) is 41.7 Å². The van der Waals surface area contributed by atoms with Gasteiger partial charge in [0, 0.05) is 12.1 Å². The molecular weight excluding hydrogens is 271 g/mol. The summed E-state index contributed by atoms with van der Waals surface area (Å²) >= 11 is 0. The SMILES string of the molecule is Cc1ccc(F)cc1Oc1ccc(N)c(OCC2CC2)n1. The third kappa shape index (κ3) is 3.42. The molecule has 3 rings (SSSR count). The molecule has 0 unspecified atom stereocenters. The molecule has 2 N–H and O–H groups in total. The highest BCUT2D eigenvalue weighted by molar-refractivity contribution is 5.50. The van der Waals surface area contributed by atoms with Gasteiger partial charge < -0.3 is 15.2 Å². The van der Waals surface area contributed by atoms with Gasteiger partial charge in [0.1, 0.15) is 11.6 Å². The van der Waals surface area contributed by atoms with E-state index < -0.39 is 0 Å². The number of nitrogens with zero attached hydrogens (tertiary/aromatic N) is 1. The number of benzene rings is 1. The molecule has 0 aliphatic heterocycles. The standard InChI is InChI=1S/C16H17FN2O2/c1-10-2-5-12(17)8-14(10)21-15-7-6-13(18)16(19-15)20-9-11-3-4-11/h2,5-8,11H,3-4,9,18H2,1H3. The maximum Gasteiger partial charge on any atom is 0.240 e. The molecule has 0 spiro atoms. The van der Waals surface area contributed by atoms with Crippen LogP contribution in [0.25, 0.3) is 0 Å². The first-order valence-corrected chi connectivity index (χ1v) is 6.95. The molecule has 0 amide bonds. The molecule has 1 aliphatic rings. The number of nitrogens with two attached hydrogens (primary N) is 1. The molecule has 1 saturated carbocycles. The first-order valence-electron chi connectivity index (χ1n) is 6.95. The molecular formula is C16H17FN2O2. The Morgan fingerprint density at radius 1 is 1.29 bits per heavy atom. The Hall–Kier alpha value is -2.30. The lowest BCUT2D eigenvalue weighted by atomic mass is 10.2. The zero-order valence-corrected chi connectivity index (χ0v) is 11.8. The smallest absolute Gasteiger partial charge is 0.240 e. The van der Waals surface area contributed by atoms with Crippen molar-refractivity contribution < 1.29 is 13.9 Å². The first-order chi connectivity index (χ1) is 10.1. The zero-order chi connectivity index (χ0) is 14.8. The molecule has 21 heavy (non-hydrogen) atoms. The molecule has 0 saturated heterocycles. The number of pyridine rings is 1. The van der Waals surface area contributed by atoms with Gasteiger partial charge in [0.2, 0.25) is 11.8 Å². The Morgan fingerprint density at radius 3 is 2.86 bits per heavy atom. The maximum absolute atomic E-state index is 13.3. The molecule has 1 fully saturated rings. The second-order valence-corrected chi connectivity index (χ2v) is 5.31. The summed E-state index contributed by atoms with van der Waals surface area (Å²) in [5, 5.41) is 0. The molecule has 4 nitrogen and oxygen atoms in total. The molecule has 1 aliphatic carbocycles. The highest BCUT2D eigenvalue weighted by Crippen LogP contribution is 2.32. The van der Waals surface area contributed by atoms with Gasteiger partial charge in [-0.3, -0.25) is 0 Å². The fourth-order valence-corrected chi connectivity index (χ4v) is 1.88. The summed E-state index contributed by atoms with van der Waals surface area (Å²) in [6, 6.07) is 7.70. The lowest BCUT2D eigenvalue weighted by Crippen LogP contribution is -2.04. The Kier molecular flexibility index (Phi) is 3.64. The van der Waals surface area contributed by atoms with Gasteiger partial charge in [-0.25, -0.2) is 4.39 Å². The summed E-state index contributed by atoms with van der Waals surface area (Å²) in [7, 11) is 0. The summed E-state index contributed by atoms with van der Waals surface area (Å²) < 4.78 is 24.5.